The molecule has 5 heteroatoms. The Labute approximate surface area is 106 Å². The molecular formula is C13H17O5-. The van der Waals surface area contributed by atoms with E-state index in [-0.39, 0.29) is 5.92 Å². The van der Waals surface area contributed by atoms with Gasteiger partial charge in [0, 0.05) is 30.3 Å². The van der Waals surface area contributed by atoms with Gasteiger partial charge in [0.2, 0.25) is 6.29 Å². The van der Waals surface area contributed by atoms with Crippen molar-refractivity contribution in [2.24, 2.45) is 17.3 Å². The van der Waals surface area contributed by atoms with Gasteiger partial charge in [0.1, 0.15) is 0 Å². The van der Waals surface area contributed by atoms with Gasteiger partial charge in [0.15, 0.2) is 0 Å². The van der Waals surface area contributed by atoms with E-state index in [4.69, 9.17) is 9.47 Å². The van der Waals surface area contributed by atoms with Gasteiger partial charge in [-0.15, -0.1) is 0 Å². The van der Waals surface area contributed by atoms with E-state index in [0.717, 1.165) is 0 Å². The van der Waals surface area contributed by atoms with Crippen LogP contribution >= 0.6 is 0 Å². The molecule has 3 atom stereocenters. The Morgan fingerprint density at radius 1 is 1.44 bits per heavy atom. The number of ether oxygens (including phenoxy) is 2. The molecule has 0 saturated heterocycles. The van der Waals surface area contributed by atoms with E-state index in [1.165, 1.54) is 0 Å². The van der Waals surface area contributed by atoms with Crippen LogP contribution < -0.4 is 5.11 Å². The first kappa shape index (κ1) is 14.5. The van der Waals surface area contributed by atoms with Crippen LogP contribution in [0.15, 0.2) is 0 Å². The number of carbonyl (C=O) groups is 2. The summed E-state index contributed by atoms with van der Waals surface area (Å²) in [6.45, 7) is 7.37. The van der Waals surface area contributed by atoms with Crippen molar-refractivity contribution in [3.05, 3.63) is 0 Å². The summed E-state index contributed by atoms with van der Waals surface area (Å²) in [4.78, 5) is 22.1. The van der Waals surface area contributed by atoms with Gasteiger partial charge >= 0.3 is 5.97 Å². The van der Waals surface area contributed by atoms with E-state index in [1.54, 1.807) is 27.7 Å². The topological polar surface area (TPSA) is 75.7 Å². The lowest BCUT2D eigenvalue weighted by Gasteiger charge is -2.09. The maximum Gasteiger partial charge on any atom is 0.386 e. The number of hydrogen-bond donors (Lipinski definition) is 0. The van der Waals surface area contributed by atoms with Crippen LogP contribution in [0.2, 0.25) is 0 Å². The molecular weight excluding hydrogens is 236 g/mol. The number of carboxylic acid groups (broad SMARTS) is 1. The van der Waals surface area contributed by atoms with E-state index in [9.17, 15) is 14.7 Å². The molecule has 100 valence electrons. The van der Waals surface area contributed by atoms with Crippen molar-refractivity contribution in [3.8, 4) is 11.8 Å². The Morgan fingerprint density at radius 3 is 2.50 bits per heavy atom. The molecule has 0 spiro atoms. The van der Waals surface area contributed by atoms with Gasteiger partial charge in [0.25, 0.3) is 0 Å². The summed E-state index contributed by atoms with van der Waals surface area (Å²) in [5, 5.41) is 10.8. The van der Waals surface area contributed by atoms with Crippen LogP contribution in [0.5, 0.6) is 0 Å². The Morgan fingerprint density at radius 2 is 2.06 bits per heavy atom. The van der Waals surface area contributed by atoms with Crippen LogP contribution in [0.3, 0.4) is 0 Å². The second-order valence-corrected chi connectivity index (χ2v) is 4.79. The van der Waals surface area contributed by atoms with Gasteiger partial charge in [-0.25, -0.2) is 4.79 Å². The third-order valence-electron chi connectivity index (χ3n) is 3.09. The zero-order valence-electron chi connectivity index (χ0n) is 11.0. The van der Waals surface area contributed by atoms with Crippen LogP contribution in [-0.4, -0.2) is 24.8 Å². The molecule has 0 N–H and O–H groups in total. The Kier molecular flexibility index (Phi) is 4.36. The lowest BCUT2D eigenvalue weighted by molar-refractivity contribution is -0.308. The first-order valence-corrected chi connectivity index (χ1v) is 5.85. The van der Waals surface area contributed by atoms with Crippen LogP contribution in [0.1, 0.15) is 27.7 Å². The third-order valence-corrected chi connectivity index (χ3v) is 3.09. The van der Waals surface area contributed by atoms with Crippen molar-refractivity contribution in [2.45, 2.75) is 34.0 Å². The number of hydrogen-bond acceptors (Lipinski definition) is 5. The molecule has 0 aromatic heterocycles. The van der Waals surface area contributed by atoms with Crippen molar-refractivity contribution < 1.29 is 24.2 Å². The zero-order chi connectivity index (χ0) is 13.9. The van der Waals surface area contributed by atoms with E-state index < -0.39 is 29.6 Å². The fourth-order valence-corrected chi connectivity index (χ4v) is 1.93. The van der Waals surface area contributed by atoms with Gasteiger partial charge in [-0.1, -0.05) is 19.8 Å². The maximum absolute atomic E-state index is 11.3. The monoisotopic (exact) mass is 253 g/mol. The highest BCUT2D eigenvalue weighted by molar-refractivity contribution is 5.89. The van der Waals surface area contributed by atoms with Crippen LogP contribution in [0.4, 0.5) is 0 Å². The molecule has 0 aliphatic heterocycles. The highest BCUT2D eigenvalue weighted by Gasteiger charge is 2.57. The Hall–Kier alpha value is -1.54. The summed E-state index contributed by atoms with van der Waals surface area (Å²) in [6, 6.07) is 0. The minimum Gasteiger partial charge on any atom is -0.550 e. The molecule has 5 nitrogen and oxygen atoms in total. The predicted molar refractivity (Wildman–Crippen MR) is 60.7 cm³/mol. The SMILES string of the molecule is CCOC(C)OC(=O)C#CC1C(C(=O)[O-])C1(C)C. The molecule has 0 bridgehead atoms. The summed E-state index contributed by atoms with van der Waals surface area (Å²) >= 11 is 0. The molecule has 1 rings (SSSR count). The number of rotatable bonds is 4. The van der Waals surface area contributed by atoms with Gasteiger partial charge in [-0.2, -0.15) is 0 Å². The number of aliphatic carboxylic acids is 1. The predicted octanol–water partition coefficient (Wildman–Crippen LogP) is -0.0624. The molecule has 0 aromatic carbocycles. The standard InChI is InChI=1S/C13H18O5/c1-5-17-8(2)18-10(14)7-6-9-11(12(15)16)13(9,3)4/h8-9,11H,5H2,1-4H3,(H,15,16)/p-1. The second kappa shape index (κ2) is 5.40. The largest absolute Gasteiger partial charge is 0.550 e. The summed E-state index contributed by atoms with van der Waals surface area (Å²) in [6.07, 6.45) is -0.652. The van der Waals surface area contributed by atoms with E-state index in [2.05, 4.69) is 11.8 Å². The molecule has 18 heavy (non-hydrogen) atoms. The van der Waals surface area contributed by atoms with Crippen molar-refractivity contribution in [1.82, 2.24) is 0 Å². The van der Waals surface area contributed by atoms with E-state index >= 15 is 0 Å². The van der Waals surface area contributed by atoms with E-state index in [1.807, 2.05) is 0 Å². The third kappa shape index (κ3) is 3.23. The number of esters is 1. The lowest BCUT2D eigenvalue weighted by atomic mass is 10.1. The molecule has 1 aliphatic rings. The number of carboxylic acids is 1. The quantitative estimate of drug-likeness (QED) is 0.303. The lowest BCUT2D eigenvalue weighted by Crippen LogP contribution is -2.26. The van der Waals surface area contributed by atoms with Crippen molar-refractivity contribution >= 4 is 11.9 Å². The second-order valence-electron chi connectivity index (χ2n) is 4.79. The summed E-state index contributed by atoms with van der Waals surface area (Å²) in [5.41, 5.74) is -0.447. The molecule has 0 amide bonds. The van der Waals surface area contributed by atoms with Crippen LogP contribution in [0, 0.1) is 29.1 Å². The smallest absolute Gasteiger partial charge is 0.386 e. The van der Waals surface area contributed by atoms with Crippen LogP contribution in [-0.2, 0) is 19.1 Å². The van der Waals surface area contributed by atoms with Crippen molar-refractivity contribution in [1.29, 1.82) is 0 Å². The fraction of sp³-hybridized carbons (Fsp3) is 0.692. The normalized spacial score (nSPS) is 25.6. The van der Waals surface area contributed by atoms with Crippen LogP contribution in [0.25, 0.3) is 0 Å². The van der Waals surface area contributed by atoms with Gasteiger partial charge in [0.05, 0.1) is 0 Å². The van der Waals surface area contributed by atoms with Gasteiger partial charge < -0.3 is 19.4 Å². The minimum absolute atomic E-state index is 0.363. The van der Waals surface area contributed by atoms with E-state index in [0.29, 0.717) is 6.61 Å². The average Bonchev–Trinajstić information content (AvgIpc) is 2.78. The molecule has 0 radical (unpaired) electrons. The first-order chi connectivity index (χ1) is 8.30. The van der Waals surface area contributed by atoms with Gasteiger partial charge in [-0.05, 0) is 19.3 Å². The minimum atomic E-state index is -1.13. The molecule has 0 heterocycles. The van der Waals surface area contributed by atoms with Gasteiger partial charge in [-0.3, -0.25) is 0 Å². The van der Waals surface area contributed by atoms with Crippen molar-refractivity contribution in [2.75, 3.05) is 6.61 Å². The molecule has 0 aromatic rings. The Bertz CT molecular complexity index is 401. The average molecular weight is 253 g/mol. The van der Waals surface area contributed by atoms with Crippen molar-refractivity contribution in [3.63, 3.8) is 0 Å². The summed E-state index contributed by atoms with van der Waals surface area (Å²) < 4.78 is 9.86. The maximum atomic E-state index is 11.3. The molecule has 1 aliphatic carbocycles. The highest BCUT2D eigenvalue weighted by Crippen LogP contribution is 2.57. The zero-order valence-corrected chi connectivity index (χ0v) is 11.0. The first-order valence-electron chi connectivity index (χ1n) is 5.85. The molecule has 3 unspecified atom stereocenters. The fourth-order valence-electron chi connectivity index (χ4n) is 1.93. The highest BCUT2D eigenvalue weighted by atomic mass is 16.7. The summed E-state index contributed by atoms with van der Waals surface area (Å²) in [7, 11) is 0. The number of carbonyl (C=O) groups excluding carboxylic acids is 2. The summed E-state index contributed by atoms with van der Waals surface area (Å²) in [5.74, 6) is 2.09. The molecule has 1 saturated carbocycles. The molecule has 1 fully saturated rings. The Balaban J connectivity index is 2.52.